The SMILES string of the molecule is Cc1c(C2C(O)C(c3ccc4ccccc4c3C)C2O)ccc2ccccc12. The van der Waals surface area contributed by atoms with E-state index in [0.717, 1.165) is 22.3 Å². The average Bonchev–Trinajstić information content (AvgIpc) is 2.72. The highest BCUT2D eigenvalue weighted by atomic mass is 16.3. The largest absolute Gasteiger partial charge is 0.392 e. The van der Waals surface area contributed by atoms with Crippen LogP contribution in [-0.2, 0) is 0 Å². The minimum Gasteiger partial charge on any atom is -0.392 e. The first kappa shape index (κ1) is 17.4. The molecule has 0 bridgehead atoms. The third-order valence-electron chi connectivity index (χ3n) is 6.67. The molecule has 1 aliphatic rings. The molecule has 1 aliphatic carbocycles. The highest BCUT2D eigenvalue weighted by Gasteiger charge is 2.51. The van der Waals surface area contributed by atoms with E-state index in [0.29, 0.717) is 0 Å². The second kappa shape index (κ2) is 6.44. The van der Waals surface area contributed by atoms with Crippen molar-refractivity contribution in [2.75, 3.05) is 0 Å². The topological polar surface area (TPSA) is 40.5 Å². The molecule has 0 saturated heterocycles. The Balaban J connectivity index is 1.54. The van der Waals surface area contributed by atoms with Gasteiger partial charge in [0.25, 0.3) is 0 Å². The zero-order valence-corrected chi connectivity index (χ0v) is 16.1. The van der Waals surface area contributed by atoms with Gasteiger partial charge in [-0.25, -0.2) is 0 Å². The van der Waals surface area contributed by atoms with Crippen LogP contribution in [0, 0.1) is 13.8 Å². The van der Waals surface area contributed by atoms with Gasteiger partial charge >= 0.3 is 0 Å². The lowest BCUT2D eigenvalue weighted by molar-refractivity contribution is -0.0788. The van der Waals surface area contributed by atoms with Crippen LogP contribution in [0.5, 0.6) is 0 Å². The summed E-state index contributed by atoms with van der Waals surface area (Å²) >= 11 is 0. The molecule has 0 heterocycles. The number of aliphatic hydroxyl groups is 2. The number of hydrogen-bond acceptors (Lipinski definition) is 2. The van der Waals surface area contributed by atoms with Crippen LogP contribution in [0.15, 0.2) is 72.8 Å². The number of rotatable bonds is 2. The van der Waals surface area contributed by atoms with Crippen LogP contribution in [-0.4, -0.2) is 22.4 Å². The third kappa shape index (κ3) is 2.42. The number of hydrogen-bond donors (Lipinski definition) is 2. The fraction of sp³-hybridized carbons (Fsp3) is 0.231. The molecule has 0 amide bonds. The Hall–Kier alpha value is -2.68. The Morgan fingerprint density at radius 2 is 0.929 bits per heavy atom. The predicted molar refractivity (Wildman–Crippen MR) is 115 cm³/mol. The quantitative estimate of drug-likeness (QED) is 0.510. The van der Waals surface area contributed by atoms with Crippen LogP contribution < -0.4 is 0 Å². The molecule has 1 saturated carbocycles. The molecule has 0 aliphatic heterocycles. The standard InChI is InChI=1S/C26H24O2/c1-15-19-9-5-3-7-17(19)11-13-21(15)23-25(27)24(26(23)28)22-14-12-18-8-4-6-10-20(18)16(22)2/h3-14,23-28H,1-2H3. The maximum Gasteiger partial charge on any atom is 0.0727 e. The predicted octanol–water partition coefficient (Wildman–Crippen LogP) is 5.21. The Morgan fingerprint density at radius 3 is 1.36 bits per heavy atom. The summed E-state index contributed by atoms with van der Waals surface area (Å²) < 4.78 is 0. The average molecular weight is 368 g/mol. The summed E-state index contributed by atoms with van der Waals surface area (Å²) in [5.41, 5.74) is 4.39. The number of fused-ring (bicyclic) bond motifs is 2. The van der Waals surface area contributed by atoms with Crippen molar-refractivity contribution in [1.82, 2.24) is 0 Å². The van der Waals surface area contributed by atoms with Crippen LogP contribution in [0.3, 0.4) is 0 Å². The van der Waals surface area contributed by atoms with Crippen LogP contribution >= 0.6 is 0 Å². The molecule has 0 spiro atoms. The van der Waals surface area contributed by atoms with Gasteiger partial charge in [-0.15, -0.1) is 0 Å². The Bertz CT molecular complexity index is 1090. The van der Waals surface area contributed by atoms with E-state index in [1.54, 1.807) is 0 Å². The second-order valence-corrected chi connectivity index (χ2v) is 8.03. The van der Waals surface area contributed by atoms with Crippen LogP contribution in [0.4, 0.5) is 0 Å². The van der Waals surface area contributed by atoms with Crippen molar-refractivity contribution in [2.45, 2.75) is 37.9 Å². The first-order chi connectivity index (χ1) is 13.6. The van der Waals surface area contributed by atoms with Crippen molar-refractivity contribution >= 4 is 21.5 Å². The summed E-state index contributed by atoms with van der Waals surface area (Å²) in [6.07, 6.45) is -1.18. The third-order valence-corrected chi connectivity index (χ3v) is 6.67. The lowest BCUT2D eigenvalue weighted by Gasteiger charge is -2.48. The van der Waals surface area contributed by atoms with Crippen LogP contribution in [0.2, 0.25) is 0 Å². The van der Waals surface area contributed by atoms with E-state index in [-0.39, 0.29) is 11.8 Å². The zero-order chi connectivity index (χ0) is 19.4. The molecular weight excluding hydrogens is 344 g/mol. The fourth-order valence-corrected chi connectivity index (χ4v) is 5.05. The Morgan fingerprint density at radius 1 is 0.536 bits per heavy atom. The van der Waals surface area contributed by atoms with E-state index >= 15 is 0 Å². The molecule has 140 valence electrons. The highest BCUT2D eigenvalue weighted by molar-refractivity contribution is 5.88. The van der Waals surface area contributed by atoms with Crippen molar-refractivity contribution in [3.8, 4) is 0 Å². The summed E-state index contributed by atoms with van der Waals surface area (Å²) in [4.78, 5) is 0. The first-order valence-electron chi connectivity index (χ1n) is 9.90. The van der Waals surface area contributed by atoms with Gasteiger partial charge in [-0.1, -0.05) is 72.8 Å². The van der Waals surface area contributed by atoms with Gasteiger partial charge in [0.05, 0.1) is 12.2 Å². The van der Waals surface area contributed by atoms with Gasteiger partial charge in [0.2, 0.25) is 0 Å². The molecule has 2 heteroatoms. The second-order valence-electron chi connectivity index (χ2n) is 8.03. The monoisotopic (exact) mass is 368 g/mol. The van der Waals surface area contributed by atoms with Gasteiger partial charge in [-0.05, 0) is 57.6 Å². The number of benzene rings is 4. The maximum absolute atomic E-state index is 11.1. The zero-order valence-electron chi connectivity index (χ0n) is 16.1. The van der Waals surface area contributed by atoms with Gasteiger partial charge in [-0.2, -0.15) is 0 Å². The molecule has 0 radical (unpaired) electrons. The summed E-state index contributed by atoms with van der Waals surface area (Å²) in [6, 6.07) is 24.9. The van der Waals surface area contributed by atoms with E-state index in [4.69, 9.17) is 0 Å². The summed E-state index contributed by atoms with van der Waals surface area (Å²) in [5, 5.41) is 26.9. The van der Waals surface area contributed by atoms with Crippen molar-refractivity contribution in [2.24, 2.45) is 0 Å². The van der Waals surface area contributed by atoms with E-state index in [1.807, 2.05) is 24.3 Å². The molecular formula is C26H24O2. The van der Waals surface area contributed by atoms with Crippen LogP contribution in [0.1, 0.15) is 34.1 Å². The molecule has 0 unspecified atom stereocenters. The molecule has 4 aromatic carbocycles. The minimum atomic E-state index is -0.588. The van der Waals surface area contributed by atoms with Gasteiger partial charge in [0.1, 0.15) is 0 Å². The normalized spacial score (nSPS) is 24.4. The molecule has 2 nitrogen and oxygen atoms in total. The van der Waals surface area contributed by atoms with Crippen molar-refractivity contribution in [3.63, 3.8) is 0 Å². The van der Waals surface area contributed by atoms with Crippen molar-refractivity contribution < 1.29 is 10.2 Å². The van der Waals surface area contributed by atoms with Gasteiger partial charge in [-0.3, -0.25) is 0 Å². The van der Waals surface area contributed by atoms with Crippen molar-refractivity contribution in [1.29, 1.82) is 0 Å². The molecule has 4 aromatic rings. The molecule has 2 N–H and O–H groups in total. The summed E-state index contributed by atoms with van der Waals surface area (Å²) in [7, 11) is 0. The fourth-order valence-electron chi connectivity index (χ4n) is 5.05. The smallest absolute Gasteiger partial charge is 0.0727 e. The van der Waals surface area contributed by atoms with Crippen LogP contribution in [0.25, 0.3) is 21.5 Å². The van der Waals surface area contributed by atoms with Gasteiger partial charge in [0, 0.05) is 11.8 Å². The lowest BCUT2D eigenvalue weighted by Crippen LogP contribution is -2.52. The molecule has 0 aromatic heterocycles. The molecule has 5 rings (SSSR count). The number of aryl methyl sites for hydroxylation is 2. The minimum absolute atomic E-state index is 0.250. The number of aliphatic hydroxyl groups excluding tert-OH is 2. The molecule has 1 fully saturated rings. The van der Waals surface area contributed by atoms with E-state index in [1.165, 1.54) is 21.5 Å². The molecule has 0 atom stereocenters. The Kier molecular flexibility index (Phi) is 4.01. The lowest BCUT2D eigenvalue weighted by atomic mass is 9.61. The van der Waals surface area contributed by atoms with Gasteiger partial charge in [0.15, 0.2) is 0 Å². The summed E-state index contributed by atoms with van der Waals surface area (Å²) in [6.45, 7) is 4.18. The van der Waals surface area contributed by atoms with E-state index in [9.17, 15) is 10.2 Å². The Labute approximate surface area is 165 Å². The first-order valence-corrected chi connectivity index (χ1v) is 9.90. The molecule has 28 heavy (non-hydrogen) atoms. The van der Waals surface area contributed by atoms with Gasteiger partial charge < -0.3 is 10.2 Å². The van der Waals surface area contributed by atoms with Crippen molar-refractivity contribution in [3.05, 3.63) is 95.1 Å². The maximum atomic E-state index is 11.1. The van der Waals surface area contributed by atoms with E-state index < -0.39 is 12.2 Å². The summed E-state index contributed by atoms with van der Waals surface area (Å²) in [5.74, 6) is -0.499. The highest BCUT2D eigenvalue weighted by Crippen LogP contribution is 2.50. The van der Waals surface area contributed by atoms with E-state index in [2.05, 4.69) is 62.4 Å².